The Balaban J connectivity index is 1.35. The Bertz CT molecular complexity index is 1360. The van der Waals surface area contributed by atoms with Gasteiger partial charge in [-0.25, -0.2) is 4.98 Å². The molecule has 3 aromatic carbocycles. The molecule has 0 radical (unpaired) electrons. The summed E-state index contributed by atoms with van der Waals surface area (Å²) >= 11 is 1.76. The summed E-state index contributed by atoms with van der Waals surface area (Å²) in [7, 11) is 0. The van der Waals surface area contributed by atoms with Crippen molar-refractivity contribution >= 4 is 28.7 Å². The van der Waals surface area contributed by atoms with Gasteiger partial charge in [0.2, 0.25) is 0 Å². The molecule has 2 heterocycles. The second-order valence-electron chi connectivity index (χ2n) is 8.60. The fraction of sp³-hybridized carbons (Fsp3) is 0.148. The van der Waals surface area contributed by atoms with Crippen LogP contribution in [0.4, 0.5) is 5.69 Å². The van der Waals surface area contributed by atoms with E-state index in [1.807, 2.05) is 48.7 Å². The molecule has 0 saturated heterocycles. The summed E-state index contributed by atoms with van der Waals surface area (Å²) in [6.07, 6.45) is 4.23. The summed E-state index contributed by atoms with van der Waals surface area (Å²) in [5, 5.41) is 10.8. The zero-order valence-corrected chi connectivity index (χ0v) is 20.3. The molecular weight excluding hydrogens is 476 g/mol. The van der Waals surface area contributed by atoms with Gasteiger partial charge in [0.25, 0.3) is 5.69 Å². The van der Waals surface area contributed by atoms with Gasteiger partial charge in [-0.2, -0.15) is 0 Å². The maximum Gasteiger partial charge on any atom is 0.269 e. The number of non-ortho nitro benzene ring substituents is 1. The molecule has 1 atom stereocenters. The number of nitro benzene ring substituents is 1. The molecule has 1 aromatic heterocycles. The molecule has 0 aliphatic carbocycles. The molecule has 8 nitrogen and oxygen atoms in total. The highest BCUT2D eigenvalue weighted by atomic mass is 32.2. The number of H-pyrrole nitrogens is 1. The zero-order valence-electron chi connectivity index (χ0n) is 19.5. The van der Waals surface area contributed by atoms with Crippen LogP contribution in [-0.2, 0) is 4.84 Å². The van der Waals surface area contributed by atoms with E-state index in [0.717, 1.165) is 28.4 Å². The first kappa shape index (κ1) is 23.7. The fourth-order valence-corrected chi connectivity index (χ4v) is 4.88. The van der Waals surface area contributed by atoms with Crippen LogP contribution < -0.4 is 10.2 Å². The minimum absolute atomic E-state index is 0.0210. The average Bonchev–Trinajstić information content (AvgIpc) is 3.44. The predicted octanol–water partition coefficient (Wildman–Crippen LogP) is 6.45. The van der Waals surface area contributed by atoms with Crippen molar-refractivity contribution in [2.75, 3.05) is 5.75 Å². The minimum Gasteiger partial charge on any atom is -0.457 e. The molecule has 36 heavy (non-hydrogen) atoms. The molecule has 0 bridgehead atoms. The van der Waals surface area contributed by atoms with E-state index in [9.17, 15) is 10.1 Å². The van der Waals surface area contributed by atoms with Crippen LogP contribution in [0, 0.1) is 10.1 Å². The van der Waals surface area contributed by atoms with E-state index < -0.39 is 10.5 Å². The number of hydrogen-bond donors (Lipinski definition) is 2. The van der Waals surface area contributed by atoms with E-state index in [2.05, 4.69) is 34.5 Å². The Morgan fingerprint density at radius 2 is 1.75 bits per heavy atom. The zero-order chi connectivity index (χ0) is 25.0. The Labute approximate surface area is 212 Å². The van der Waals surface area contributed by atoms with Gasteiger partial charge in [-0.05, 0) is 55.5 Å². The fourth-order valence-electron chi connectivity index (χ4n) is 3.89. The van der Waals surface area contributed by atoms with Crippen LogP contribution in [0.25, 0.3) is 11.3 Å². The van der Waals surface area contributed by atoms with Crippen LogP contribution >= 0.6 is 11.8 Å². The van der Waals surface area contributed by atoms with Crippen molar-refractivity contribution in [1.82, 2.24) is 15.4 Å². The first-order valence-electron chi connectivity index (χ1n) is 11.4. The normalized spacial score (nSPS) is 17.5. The number of nitrogens with zero attached hydrogens (tertiary/aromatic N) is 2. The molecule has 9 heteroatoms. The summed E-state index contributed by atoms with van der Waals surface area (Å²) in [6, 6.07) is 23.8. The number of nitro groups is 1. The monoisotopic (exact) mass is 500 g/mol. The molecule has 0 amide bonds. The van der Waals surface area contributed by atoms with Crippen molar-refractivity contribution in [3.8, 4) is 11.5 Å². The Morgan fingerprint density at radius 3 is 2.39 bits per heavy atom. The van der Waals surface area contributed by atoms with Gasteiger partial charge >= 0.3 is 0 Å². The first-order chi connectivity index (χ1) is 17.5. The molecule has 1 unspecified atom stereocenters. The summed E-state index contributed by atoms with van der Waals surface area (Å²) in [4.78, 5) is 25.5. The van der Waals surface area contributed by atoms with E-state index >= 15 is 0 Å². The molecule has 182 valence electrons. The molecule has 0 saturated carbocycles. The van der Waals surface area contributed by atoms with Crippen LogP contribution in [0.1, 0.15) is 24.7 Å². The summed E-state index contributed by atoms with van der Waals surface area (Å²) < 4.78 is 5.85. The van der Waals surface area contributed by atoms with Gasteiger partial charge in [0.15, 0.2) is 0 Å². The number of rotatable bonds is 8. The van der Waals surface area contributed by atoms with Gasteiger partial charge in [-0.1, -0.05) is 18.2 Å². The van der Waals surface area contributed by atoms with Crippen molar-refractivity contribution in [2.45, 2.75) is 23.8 Å². The van der Waals surface area contributed by atoms with Crippen LogP contribution in [-0.4, -0.2) is 26.2 Å². The van der Waals surface area contributed by atoms with E-state index in [0.29, 0.717) is 17.9 Å². The topological polar surface area (TPSA) is 102 Å². The third-order valence-electron chi connectivity index (χ3n) is 5.75. The van der Waals surface area contributed by atoms with Gasteiger partial charge in [-0.3, -0.25) is 20.4 Å². The average molecular weight is 501 g/mol. The molecule has 4 aromatic rings. The molecule has 0 spiro atoms. The van der Waals surface area contributed by atoms with E-state index in [1.165, 1.54) is 17.0 Å². The lowest BCUT2D eigenvalue weighted by Gasteiger charge is -2.36. The molecule has 0 fully saturated rings. The van der Waals surface area contributed by atoms with Crippen LogP contribution in [0.3, 0.4) is 0 Å². The van der Waals surface area contributed by atoms with E-state index in [-0.39, 0.29) is 5.69 Å². The van der Waals surface area contributed by atoms with E-state index in [1.54, 1.807) is 30.1 Å². The van der Waals surface area contributed by atoms with Gasteiger partial charge in [0.05, 0.1) is 10.6 Å². The smallest absolute Gasteiger partial charge is 0.269 e. The number of hydroxylamine groups is 1. The number of ether oxygens (including phenoxy) is 1. The van der Waals surface area contributed by atoms with Crippen LogP contribution in [0.15, 0.2) is 96.2 Å². The maximum absolute atomic E-state index is 10.8. The van der Waals surface area contributed by atoms with Crippen molar-refractivity contribution in [2.24, 2.45) is 0 Å². The van der Waals surface area contributed by atoms with Crippen molar-refractivity contribution in [3.05, 3.63) is 113 Å². The van der Waals surface area contributed by atoms with Gasteiger partial charge in [0, 0.05) is 52.7 Å². The summed E-state index contributed by atoms with van der Waals surface area (Å²) in [5.41, 5.74) is 5.57. The molecular formula is C27H24N4O4S. The number of imidazole rings is 1. The van der Waals surface area contributed by atoms with Crippen molar-refractivity contribution in [1.29, 1.82) is 0 Å². The first-order valence-corrected chi connectivity index (χ1v) is 12.4. The molecule has 2 N–H and O–H groups in total. The largest absolute Gasteiger partial charge is 0.457 e. The molecule has 1 aliphatic rings. The number of nitrogens with one attached hydrogen (secondary N) is 2. The highest BCUT2D eigenvalue weighted by Gasteiger charge is 2.35. The highest BCUT2D eigenvalue weighted by molar-refractivity contribution is 7.99. The Kier molecular flexibility index (Phi) is 6.75. The number of benzene rings is 3. The van der Waals surface area contributed by atoms with Gasteiger partial charge in [0.1, 0.15) is 22.9 Å². The van der Waals surface area contributed by atoms with Crippen LogP contribution in [0.5, 0.6) is 11.5 Å². The SMILES string of the molecule is CC1(CSc2ccccc2)CC(c2ncc[nH]2)=C(c2ccc(Oc3ccc([N+](=O)[O-])cc3)cc2)NO1. The minimum atomic E-state index is -0.439. The number of thioether (sulfide) groups is 1. The van der Waals surface area contributed by atoms with Crippen molar-refractivity contribution in [3.63, 3.8) is 0 Å². The maximum atomic E-state index is 10.8. The Morgan fingerprint density at radius 1 is 1.06 bits per heavy atom. The standard InChI is InChI=1S/C27H24N4O4S/c1-27(18-36-23-5-3-2-4-6-23)17-24(26-28-15-16-29-26)25(30-35-27)19-7-11-21(12-8-19)34-22-13-9-20(10-14-22)31(32)33/h2-16,30H,17-18H2,1H3,(H,28,29). The summed E-state index contributed by atoms with van der Waals surface area (Å²) in [5.74, 6) is 2.70. The molecule has 1 aliphatic heterocycles. The predicted molar refractivity (Wildman–Crippen MR) is 139 cm³/mol. The lowest BCUT2D eigenvalue weighted by atomic mass is 9.92. The lowest BCUT2D eigenvalue weighted by molar-refractivity contribution is -0.384. The lowest BCUT2D eigenvalue weighted by Crippen LogP contribution is -2.41. The third kappa shape index (κ3) is 5.42. The van der Waals surface area contributed by atoms with Crippen LogP contribution in [0.2, 0.25) is 0 Å². The second kappa shape index (κ2) is 10.3. The third-order valence-corrected chi connectivity index (χ3v) is 7.11. The second-order valence-corrected chi connectivity index (χ2v) is 9.65. The van der Waals surface area contributed by atoms with Gasteiger partial charge < -0.3 is 9.72 Å². The number of aromatic nitrogens is 2. The van der Waals surface area contributed by atoms with E-state index in [4.69, 9.17) is 9.57 Å². The number of aromatic amines is 1. The van der Waals surface area contributed by atoms with Gasteiger partial charge in [-0.15, -0.1) is 11.8 Å². The number of hydrogen-bond acceptors (Lipinski definition) is 7. The van der Waals surface area contributed by atoms with Crippen molar-refractivity contribution < 1.29 is 14.5 Å². The quantitative estimate of drug-likeness (QED) is 0.163. The highest BCUT2D eigenvalue weighted by Crippen LogP contribution is 2.39. The summed E-state index contributed by atoms with van der Waals surface area (Å²) in [6.45, 7) is 2.09. The Hall–Kier alpha value is -4.08. The molecule has 5 rings (SSSR count).